The molecule has 3 N–H and O–H groups in total. The SMILES string of the molecule is CC(C)(C)OC(=O)N[C@H](Cn1cccn1)[C@H](O)CO. The number of alkyl carbamates (subject to hydrolysis) is 1. The number of rotatable bonds is 5. The Balaban J connectivity index is 2.62. The minimum atomic E-state index is -1.09. The van der Waals surface area contributed by atoms with Crippen molar-refractivity contribution >= 4 is 6.09 Å². The highest BCUT2D eigenvalue weighted by atomic mass is 16.6. The Morgan fingerprint density at radius 3 is 2.68 bits per heavy atom. The smallest absolute Gasteiger partial charge is 0.408 e. The Labute approximate surface area is 112 Å². The van der Waals surface area contributed by atoms with Crippen LogP contribution in [-0.2, 0) is 11.3 Å². The van der Waals surface area contributed by atoms with Crippen molar-refractivity contribution in [2.45, 2.75) is 45.1 Å². The third-order valence-corrected chi connectivity index (χ3v) is 2.30. The summed E-state index contributed by atoms with van der Waals surface area (Å²) < 4.78 is 6.67. The molecule has 0 fully saturated rings. The Morgan fingerprint density at radius 1 is 1.53 bits per heavy atom. The lowest BCUT2D eigenvalue weighted by molar-refractivity contribution is 0.0286. The van der Waals surface area contributed by atoms with Crippen LogP contribution in [0, 0.1) is 0 Å². The first-order valence-electron chi connectivity index (χ1n) is 6.07. The van der Waals surface area contributed by atoms with Crippen molar-refractivity contribution in [3.8, 4) is 0 Å². The summed E-state index contributed by atoms with van der Waals surface area (Å²) in [6.45, 7) is 5.03. The zero-order chi connectivity index (χ0) is 14.5. The molecule has 2 atom stereocenters. The monoisotopic (exact) mass is 271 g/mol. The summed E-state index contributed by atoms with van der Waals surface area (Å²) in [5, 5.41) is 25.2. The molecule has 0 saturated carbocycles. The molecule has 0 aromatic carbocycles. The van der Waals surface area contributed by atoms with Crippen molar-refractivity contribution in [1.29, 1.82) is 0 Å². The number of hydrogen-bond donors (Lipinski definition) is 3. The van der Waals surface area contributed by atoms with Crippen molar-refractivity contribution in [2.24, 2.45) is 0 Å². The van der Waals surface area contributed by atoms with Crippen LogP contribution in [0.15, 0.2) is 18.5 Å². The Hall–Kier alpha value is -1.60. The number of carbonyl (C=O) groups excluding carboxylic acids is 1. The molecule has 1 aromatic rings. The zero-order valence-electron chi connectivity index (χ0n) is 11.4. The van der Waals surface area contributed by atoms with E-state index >= 15 is 0 Å². The van der Waals surface area contributed by atoms with E-state index in [4.69, 9.17) is 9.84 Å². The van der Waals surface area contributed by atoms with Crippen molar-refractivity contribution in [2.75, 3.05) is 6.61 Å². The van der Waals surface area contributed by atoms with Crippen LogP contribution in [0.5, 0.6) is 0 Å². The number of nitrogens with one attached hydrogen (secondary N) is 1. The van der Waals surface area contributed by atoms with E-state index in [1.165, 1.54) is 0 Å². The fourth-order valence-electron chi connectivity index (χ4n) is 1.46. The van der Waals surface area contributed by atoms with E-state index in [1.54, 1.807) is 43.9 Å². The fourth-order valence-corrected chi connectivity index (χ4v) is 1.46. The number of aliphatic hydroxyl groups is 2. The molecule has 0 spiro atoms. The van der Waals surface area contributed by atoms with Gasteiger partial charge < -0.3 is 20.3 Å². The third kappa shape index (κ3) is 5.71. The molecular formula is C12H21N3O4. The predicted molar refractivity (Wildman–Crippen MR) is 68.5 cm³/mol. The molecule has 0 aliphatic carbocycles. The Morgan fingerprint density at radius 2 is 2.21 bits per heavy atom. The average molecular weight is 271 g/mol. The maximum atomic E-state index is 11.7. The van der Waals surface area contributed by atoms with Gasteiger partial charge >= 0.3 is 6.09 Å². The average Bonchev–Trinajstić information content (AvgIpc) is 2.77. The molecule has 0 aliphatic heterocycles. The van der Waals surface area contributed by atoms with Crippen molar-refractivity contribution < 1.29 is 19.7 Å². The number of aliphatic hydroxyl groups excluding tert-OH is 2. The molecule has 19 heavy (non-hydrogen) atoms. The van der Waals surface area contributed by atoms with E-state index in [-0.39, 0.29) is 6.54 Å². The molecular weight excluding hydrogens is 250 g/mol. The molecule has 7 heteroatoms. The lowest BCUT2D eigenvalue weighted by Gasteiger charge is -2.25. The quantitative estimate of drug-likeness (QED) is 0.707. The van der Waals surface area contributed by atoms with Gasteiger partial charge in [0.25, 0.3) is 0 Å². The van der Waals surface area contributed by atoms with Gasteiger partial charge in [0.2, 0.25) is 0 Å². The van der Waals surface area contributed by atoms with Gasteiger partial charge in [0, 0.05) is 12.4 Å². The lowest BCUT2D eigenvalue weighted by Crippen LogP contribution is -2.49. The van der Waals surface area contributed by atoms with Crippen molar-refractivity contribution in [1.82, 2.24) is 15.1 Å². The first-order chi connectivity index (χ1) is 8.81. The van der Waals surface area contributed by atoms with E-state index in [2.05, 4.69) is 10.4 Å². The highest BCUT2D eigenvalue weighted by Crippen LogP contribution is 2.07. The number of nitrogens with zero attached hydrogens (tertiary/aromatic N) is 2. The van der Waals surface area contributed by atoms with Crippen LogP contribution in [0.2, 0.25) is 0 Å². The topological polar surface area (TPSA) is 96.6 Å². The molecule has 1 amide bonds. The number of ether oxygens (including phenoxy) is 1. The first-order valence-corrected chi connectivity index (χ1v) is 6.07. The molecule has 0 unspecified atom stereocenters. The van der Waals surface area contributed by atoms with Crippen LogP contribution < -0.4 is 5.32 Å². The molecule has 0 bridgehead atoms. The van der Waals surface area contributed by atoms with E-state index < -0.39 is 30.4 Å². The standard InChI is InChI=1S/C12H21N3O4/c1-12(2,3)19-11(18)14-9(10(17)8-16)7-15-6-4-5-13-15/h4-6,9-10,16-17H,7-8H2,1-3H3,(H,14,18)/t9-,10-/m1/s1. The Kier molecular flexibility index (Phi) is 5.31. The number of amides is 1. The lowest BCUT2D eigenvalue weighted by atomic mass is 10.1. The van der Waals surface area contributed by atoms with Gasteiger partial charge in [-0.25, -0.2) is 4.79 Å². The van der Waals surface area contributed by atoms with Crippen LogP contribution in [0.1, 0.15) is 20.8 Å². The van der Waals surface area contributed by atoms with Gasteiger partial charge in [-0.05, 0) is 26.8 Å². The Bertz CT molecular complexity index is 386. The maximum Gasteiger partial charge on any atom is 0.408 e. The first kappa shape index (κ1) is 15.5. The number of aromatic nitrogens is 2. The summed E-state index contributed by atoms with van der Waals surface area (Å²) in [5.41, 5.74) is -0.621. The van der Waals surface area contributed by atoms with E-state index in [1.807, 2.05) is 0 Å². The normalized spacial score (nSPS) is 14.8. The summed E-state index contributed by atoms with van der Waals surface area (Å²) in [6.07, 6.45) is 1.57. The van der Waals surface area contributed by atoms with Crippen molar-refractivity contribution in [3.05, 3.63) is 18.5 Å². The van der Waals surface area contributed by atoms with Crippen LogP contribution in [0.4, 0.5) is 4.79 Å². The maximum absolute atomic E-state index is 11.7. The van der Waals surface area contributed by atoms with Gasteiger partial charge in [-0.2, -0.15) is 5.10 Å². The van der Waals surface area contributed by atoms with Crippen molar-refractivity contribution in [3.63, 3.8) is 0 Å². The van der Waals surface area contributed by atoms with Gasteiger partial charge in [0.05, 0.1) is 25.3 Å². The van der Waals surface area contributed by atoms with Gasteiger partial charge in [0.15, 0.2) is 0 Å². The summed E-state index contributed by atoms with van der Waals surface area (Å²) in [4.78, 5) is 11.7. The minimum Gasteiger partial charge on any atom is -0.444 e. The molecule has 0 saturated heterocycles. The fraction of sp³-hybridized carbons (Fsp3) is 0.667. The molecule has 1 aromatic heterocycles. The molecule has 1 heterocycles. The second-order valence-corrected chi connectivity index (χ2v) is 5.23. The van der Waals surface area contributed by atoms with E-state index in [0.29, 0.717) is 0 Å². The molecule has 0 aliphatic rings. The summed E-state index contributed by atoms with van der Waals surface area (Å²) in [5.74, 6) is 0. The minimum absolute atomic E-state index is 0.244. The number of carbonyl (C=O) groups is 1. The summed E-state index contributed by atoms with van der Waals surface area (Å²) >= 11 is 0. The van der Waals surface area contributed by atoms with E-state index in [9.17, 15) is 9.90 Å². The summed E-state index contributed by atoms with van der Waals surface area (Å²) in [6, 6.07) is 1.05. The second kappa shape index (κ2) is 6.53. The van der Waals surface area contributed by atoms with Crippen LogP contribution in [-0.4, -0.2) is 50.4 Å². The van der Waals surface area contributed by atoms with Gasteiger partial charge in [-0.1, -0.05) is 0 Å². The predicted octanol–water partition coefficient (Wildman–Crippen LogP) is 0.130. The summed E-state index contributed by atoms with van der Waals surface area (Å²) in [7, 11) is 0. The van der Waals surface area contributed by atoms with Crippen LogP contribution in [0.25, 0.3) is 0 Å². The van der Waals surface area contributed by atoms with Gasteiger partial charge in [-0.15, -0.1) is 0 Å². The van der Waals surface area contributed by atoms with Crippen LogP contribution >= 0.6 is 0 Å². The second-order valence-electron chi connectivity index (χ2n) is 5.23. The highest BCUT2D eigenvalue weighted by Gasteiger charge is 2.24. The highest BCUT2D eigenvalue weighted by molar-refractivity contribution is 5.68. The van der Waals surface area contributed by atoms with Gasteiger partial charge in [0.1, 0.15) is 5.60 Å². The van der Waals surface area contributed by atoms with E-state index in [0.717, 1.165) is 0 Å². The van der Waals surface area contributed by atoms with Crippen LogP contribution in [0.3, 0.4) is 0 Å². The molecule has 0 radical (unpaired) electrons. The molecule has 7 nitrogen and oxygen atoms in total. The largest absolute Gasteiger partial charge is 0.444 e. The molecule has 1 rings (SSSR count). The third-order valence-electron chi connectivity index (χ3n) is 2.30. The molecule has 108 valence electrons. The van der Waals surface area contributed by atoms with Gasteiger partial charge in [-0.3, -0.25) is 4.68 Å². The number of hydrogen-bond acceptors (Lipinski definition) is 5. The zero-order valence-corrected chi connectivity index (χ0v) is 11.4.